The Morgan fingerprint density at radius 3 is 2.26 bits per heavy atom. The van der Waals surface area contributed by atoms with Gasteiger partial charge in [-0.1, -0.05) is 55.0 Å². The molecule has 0 bridgehead atoms. The van der Waals surface area contributed by atoms with E-state index in [9.17, 15) is 8.42 Å². The summed E-state index contributed by atoms with van der Waals surface area (Å²) in [5, 5.41) is 0. The minimum atomic E-state index is -3.45. The monoisotopic (exact) mass is 275 g/mol. The summed E-state index contributed by atoms with van der Waals surface area (Å²) in [5.74, 6) is 0. The zero-order valence-electron chi connectivity index (χ0n) is 11.1. The first-order valence-corrected chi connectivity index (χ1v) is 7.68. The summed E-state index contributed by atoms with van der Waals surface area (Å²) in [6, 6.07) is 14.9. The Kier molecular flexibility index (Phi) is 4.02. The van der Waals surface area contributed by atoms with E-state index in [-0.39, 0.29) is 0 Å². The van der Waals surface area contributed by atoms with Crippen LogP contribution in [0.25, 0.3) is 11.1 Å². The van der Waals surface area contributed by atoms with E-state index in [0.717, 1.165) is 16.7 Å². The van der Waals surface area contributed by atoms with Crippen molar-refractivity contribution in [2.24, 2.45) is 0 Å². The van der Waals surface area contributed by atoms with Crippen molar-refractivity contribution in [3.05, 3.63) is 54.1 Å². The number of aryl methyl sites for hydroxylation is 1. The van der Waals surface area contributed by atoms with Gasteiger partial charge in [-0.25, -0.2) is 13.1 Å². The van der Waals surface area contributed by atoms with Crippen molar-refractivity contribution in [3.63, 3.8) is 0 Å². The van der Waals surface area contributed by atoms with Crippen molar-refractivity contribution < 1.29 is 8.42 Å². The van der Waals surface area contributed by atoms with E-state index in [1.807, 2.05) is 43.3 Å². The molecule has 1 N–H and O–H groups in total. The second-order valence-electron chi connectivity index (χ2n) is 4.36. The van der Waals surface area contributed by atoms with Crippen LogP contribution in [0.2, 0.25) is 0 Å². The number of benzene rings is 2. The summed E-state index contributed by atoms with van der Waals surface area (Å²) >= 11 is 0. The molecular weight excluding hydrogens is 258 g/mol. The highest BCUT2D eigenvalue weighted by atomic mass is 32.2. The van der Waals surface area contributed by atoms with Gasteiger partial charge in [0, 0.05) is 12.1 Å². The van der Waals surface area contributed by atoms with Gasteiger partial charge in [0.05, 0.1) is 4.90 Å². The van der Waals surface area contributed by atoms with Crippen molar-refractivity contribution in [3.8, 4) is 11.1 Å². The first kappa shape index (κ1) is 13.8. The van der Waals surface area contributed by atoms with Crippen molar-refractivity contribution in [2.45, 2.75) is 18.7 Å². The zero-order chi connectivity index (χ0) is 13.9. The minimum Gasteiger partial charge on any atom is -0.211 e. The lowest BCUT2D eigenvalue weighted by atomic mass is 10.0. The van der Waals surface area contributed by atoms with Gasteiger partial charge in [-0.2, -0.15) is 0 Å². The summed E-state index contributed by atoms with van der Waals surface area (Å²) in [6.07, 6.45) is 0. The molecular formula is C15H17NO2S. The fourth-order valence-corrected chi connectivity index (χ4v) is 3.21. The molecule has 0 aliphatic rings. The normalized spacial score (nSPS) is 11.5. The molecule has 0 radical (unpaired) electrons. The number of rotatable bonds is 4. The smallest absolute Gasteiger partial charge is 0.211 e. The van der Waals surface area contributed by atoms with E-state index in [0.29, 0.717) is 11.4 Å². The molecule has 0 heterocycles. The fourth-order valence-electron chi connectivity index (χ4n) is 1.94. The third kappa shape index (κ3) is 3.03. The Balaban J connectivity index is 2.56. The van der Waals surface area contributed by atoms with Crippen LogP contribution < -0.4 is 4.72 Å². The van der Waals surface area contributed by atoms with Gasteiger partial charge in [-0.3, -0.25) is 0 Å². The maximum atomic E-state index is 12.2. The van der Waals surface area contributed by atoms with Gasteiger partial charge in [0.2, 0.25) is 10.0 Å². The summed E-state index contributed by atoms with van der Waals surface area (Å²) in [6.45, 7) is 4.15. The van der Waals surface area contributed by atoms with Gasteiger partial charge in [-0.15, -0.1) is 0 Å². The van der Waals surface area contributed by atoms with Gasteiger partial charge >= 0.3 is 0 Å². The number of hydrogen-bond donors (Lipinski definition) is 1. The highest BCUT2D eigenvalue weighted by molar-refractivity contribution is 7.89. The molecule has 2 rings (SSSR count). The third-order valence-corrected chi connectivity index (χ3v) is 4.48. The van der Waals surface area contributed by atoms with Crippen molar-refractivity contribution in [1.29, 1.82) is 0 Å². The molecule has 2 aromatic rings. The first-order chi connectivity index (χ1) is 9.04. The van der Waals surface area contributed by atoms with Crippen LogP contribution in [0.1, 0.15) is 12.5 Å². The second kappa shape index (κ2) is 5.55. The zero-order valence-corrected chi connectivity index (χ0v) is 11.9. The van der Waals surface area contributed by atoms with Crippen LogP contribution >= 0.6 is 0 Å². The molecule has 19 heavy (non-hydrogen) atoms. The van der Waals surface area contributed by atoms with Gasteiger partial charge in [0.1, 0.15) is 0 Å². The average molecular weight is 275 g/mol. The Bertz CT molecular complexity index is 661. The van der Waals surface area contributed by atoms with Crippen LogP contribution in [0, 0.1) is 6.92 Å². The predicted octanol–water partition coefficient (Wildman–Crippen LogP) is 2.96. The van der Waals surface area contributed by atoms with Crippen molar-refractivity contribution in [2.75, 3.05) is 6.54 Å². The van der Waals surface area contributed by atoms with Crippen LogP contribution in [0.5, 0.6) is 0 Å². The van der Waals surface area contributed by atoms with Crippen molar-refractivity contribution >= 4 is 10.0 Å². The molecule has 0 saturated carbocycles. The third-order valence-electron chi connectivity index (χ3n) is 2.87. The molecule has 0 aromatic heterocycles. The van der Waals surface area contributed by atoms with Crippen molar-refractivity contribution in [1.82, 2.24) is 4.72 Å². The molecule has 0 saturated heterocycles. The molecule has 0 aliphatic carbocycles. The summed E-state index contributed by atoms with van der Waals surface area (Å²) in [7, 11) is -3.45. The second-order valence-corrected chi connectivity index (χ2v) is 6.10. The maximum absolute atomic E-state index is 12.2. The van der Waals surface area contributed by atoms with Gasteiger partial charge < -0.3 is 0 Å². The topological polar surface area (TPSA) is 46.2 Å². The molecule has 0 amide bonds. The van der Waals surface area contributed by atoms with Gasteiger partial charge in [0.25, 0.3) is 0 Å². The molecule has 2 aromatic carbocycles. The largest absolute Gasteiger partial charge is 0.241 e. The standard InChI is InChI=1S/C15H17NO2S/c1-3-16-19(17,18)15-7-5-4-6-14(15)13-10-8-12(2)9-11-13/h4-11,16H,3H2,1-2H3. The van der Waals surface area contributed by atoms with E-state index in [4.69, 9.17) is 0 Å². The lowest BCUT2D eigenvalue weighted by Gasteiger charge is -2.11. The number of nitrogens with one attached hydrogen (secondary N) is 1. The first-order valence-electron chi connectivity index (χ1n) is 6.20. The summed E-state index contributed by atoms with van der Waals surface area (Å²) < 4.78 is 26.9. The Labute approximate surface area is 114 Å². The molecule has 3 nitrogen and oxygen atoms in total. The van der Waals surface area contributed by atoms with E-state index < -0.39 is 10.0 Å². The number of hydrogen-bond acceptors (Lipinski definition) is 2. The maximum Gasteiger partial charge on any atom is 0.241 e. The average Bonchev–Trinajstić information content (AvgIpc) is 2.39. The minimum absolute atomic E-state index is 0.320. The van der Waals surface area contributed by atoms with Crippen LogP contribution in [0.3, 0.4) is 0 Å². The Morgan fingerprint density at radius 2 is 1.63 bits per heavy atom. The predicted molar refractivity (Wildman–Crippen MR) is 77.5 cm³/mol. The Morgan fingerprint density at radius 1 is 1.00 bits per heavy atom. The van der Waals surface area contributed by atoms with E-state index in [1.165, 1.54) is 0 Å². The van der Waals surface area contributed by atoms with Crippen LogP contribution in [-0.4, -0.2) is 15.0 Å². The lowest BCUT2D eigenvalue weighted by Crippen LogP contribution is -2.23. The summed E-state index contributed by atoms with van der Waals surface area (Å²) in [4.78, 5) is 0.320. The fraction of sp³-hybridized carbons (Fsp3) is 0.200. The molecule has 100 valence electrons. The summed E-state index contributed by atoms with van der Waals surface area (Å²) in [5.41, 5.74) is 2.78. The molecule has 0 unspecified atom stereocenters. The van der Waals surface area contributed by atoms with E-state index >= 15 is 0 Å². The van der Waals surface area contributed by atoms with E-state index in [2.05, 4.69) is 4.72 Å². The van der Waals surface area contributed by atoms with Gasteiger partial charge in [-0.05, 0) is 18.6 Å². The molecule has 0 atom stereocenters. The van der Waals surface area contributed by atoms with Gasteiger partial charge in [0.15, 0.2) is 0 Å². The van der Waals surface area contributed by atoms with Crippen LogP contribution in [0.15, 0.2) is 53.4 Å². The molecule has 0 fully saturated rings. The molecule has 0 aliphatic heterocycles. The highest BCUT2D eigenvalue weighted by Gasteiger charge is 2.17. The van der Waals surface area contributed by atoms with E-state index in [1.54, 1.807) is 19.1 Å². The lowest BCUT2D eigenvalue weighted by molar-refractivity contribution is 0.584. The molecule has 0 spiro atoms. The van der Waals surface area contributed by atoms with Crippen LogP contribution in [0.4, 0.5) is 0 Å². The SMILES string of the molecule is CCNS(=O)(=O)c1ccccc1-c1ccc(C)cc1. The number of sulfonamides is 1. The van der Waals surface area contributed by atoms with Crippen LogP contribution in [-0.2, 0) is 10.0 Å². The Hall–Kier alpha value is -1.65. The highest BCUT2D eigenvalue weighted by Crippen LogP contribution is 2.27. The molecule has 4 heteroatoms. The quantitative estimate of drug-likeness (QED) is 0.932.